The van der Waals surface area contributed by atoms with Crippen LogP contribution >= 0.6 is 24.0 Å². The molecule has 2 aromatic rings. The highest BCUT2D eigenvalue weighted by molar-refractivity contribution is 8.26. The van der Waals surface area contributed by atoms with Gasteiger partial charge in [0.05, 0.1) is 11.4 Å². The first kappa shape index (κ1) is 20.8. The molecule has 1 aliphatic rings. The van der Waals surface area contributed by atoms with Crippen molar-refractivity contribution in [2.75, 3.05) is 18.4 Å². The number of thioether (sulfide) groups is 1. The van der Waals surface area contributed by atoms with Gasteiger partial charge in [-0.2, -0.15) is 0 Å². The molecular formula is C21H19N3O3S2. The van der Waals surface area contributed by atoms with Crippen LogP contribution < -0.4 is 10.6 Å². The molecule has 0 bridgehead atoms. The monoisotopic (exact) mass is 425 g/mol. The number of amides is 3. The smallest absolute Gasteiger partial charge is 0.266 e. The summed E-state index contributed by atoms with van der Waals surface area (Å²) in [6.07, 6.45) is 1.74. The Bertz CT molecular complexity index is 972. The summed E-state index contributed by atoms with van der Waals surface area (Å²) < 4.78 is 0.316. The summed E-state index contributed by atoms with van der Waals surface area (Å²) >= 11 is 6.39. The molecule has 0 radical (unpaired) electrons. The average Bonchev–Trinajstić information content (AvgIpc) is 2.96. The molecule has 2 aromatic carbocycles. The van der Waals surface area contributed by atoms with E-state index >= 15 is 0 Å². The number of hydrogen-bond donors (Lipinski definition) is 2. The minimum Gasteiger partial charge on any atom is -0.345 e. The fourth-order valence-electron chi connectivity index (χ4n) is 2.56. The van der Waals surface area contributed by atoms with Gasteiger partial charge in [0.2, 0.25) is 11.8 Å². The number of nitrogens with zero attached hydrogens (tertiary/aromatic N) is 1. The number of rotatable bonds is 6. The van der Waals surface area contributed by atoms with Crippen LogP contribution in [-0.2, 0) is 14.4 Å². The lowest BCUT2D eigenvalue weighted by Gasteiger charge is -2.14. The number of carbonyl (C=O) groups is 3. The number of carbonyl (C=O) groups excluding carboxylic acids is 3. The predicted molar refractivity (Wildman–Crippen MR) is 119 cm³/mol. The first-order valence-electron chi connectivity index (χ1n) is 8.86. The summed E-state index contributed by atoms with van der Waals surface area (Å²) in [4.78, 5) is 38.4. The van der Waals surface area contributed by atoms with Crippen molar-refractivity contribution >= 4 is 57.8 Å². The molecular weight excluding hydrogens is 406 g/mol. The van der Waals surface area contributed by atoms with Crippen molar-refractivity contribution in [1.29, 1.82) is 0 Å². The van der Waals surface area contributed by atoms with Crippen LogP contribution in [0.2, 0.25) is 0 Å². The van der Waals surface area contributed by atoms with Crippen molar-refractivity contribution < 1.29 is 14.4 Å². The second-order valence-corrected chi connectivity index (χ2v) is 8.05. The highest BCUT2D eigenvalue weighted by atomic mass is 32.2. The maximum absolute atomic E-state index is 12.6. The van der Waals surface area contributed by atoms with Crippen LogP contribution in [0, 0.1) is 6.92 Å². The minimum absolute atomic E-state index is 0.193. The van der Waals surface area contributed by atoms with Gasteiger partial charge in [0.1, 0.15) is 10.9 Å². The molecule has 29 heavy (non-hydrogen) atoms. The summed E-state index contributed by atoms with van der Waals surface area (Å²) in [5.74, 6) is -1.12. The Balaban J connectivity index is 1.51. The van der Waals surface area contributed by atoms with Crippen LogP contribution in [0.25, 0.3) is 6.08 Å². The van der Waals surface area contributed by atoms with E-state index in [1.165, 1.54) is 4.90 Å². The Hall–Kier alpha value is -2.97. The molecule has 1 heterocycles. The third-order valence-corrected chi connectivity index (χ3v) is 5.43. The van der Waals surface area contributed by atoms with E-state index in [1.807, 2.05) is 49.4 Å². The Kier molecular flexibility index (Phi) is 6.79. The zero-order chi connectivity index (χ0) is 20.8. The van der Waals surface area contributed by atoms with Crippen LogP contribution in [0.15, 0.2) is 59.5 Å². The number of benzene rings is 2. The van der Waals surface area contributed by atoms with Crippen LogP contribution in [-0.4, -0.2) is 40.0 Å². The molecule has 2 N–H and O–H groups in total. The molecule has 0 unspecified atom stereocenters. The second kappa shape index (κ2) is 9.49. The maximum Gasteiger partial charge on any atom is 0.266 e. The maximum atomic E-state index is 12.6. The summed E-state index contributed by atoms with van der Waals surface area (Å²) in [7, 11) is 0. The lowest BCUT2D eigenvalue weighted by Crippen LogP contribution is -2.42. The molecule has 1 fully saturated rings. The van der Waals surface area contributed by atoms with Crippen molar-refractivity contribution in [2.45, 2.75) is 6.92 Å². The van der Waals surface area contributed by atoms with E-state index in [-0.39, 0.29) is 24.9 Å². The summed E-state index contributed by atoms with van der Waals surface area (Å²) in [5.41, 5.74) is 2.61. The first-order valence-corrected chi connectivity index (χ1v) is 10.1. The van der Waals surface area contributed by atoms with Crippen LogP contribution in [0.3, 0.4) is 0 Å². The normalized spacial score (nSPS) is 14.9. The zero-order valence-corrected chi connectivity index (χ0v) is 17.3. The van der Waals surface area contributed by atoms with Gasteiger partial charge in [-0.05, 0) is 30.7 Å². The number of hydrogen-bond acceptors (Lipinski definition) is 5. The van der Waals surface area contributed by atoms with E-state index < -0.39 is 5.91 Å². The molecule has 1 saturated heterocycles. The Labute approximate surface area is 178 Å². The van der Waals surface area contributed by atoms with Gasteiger partial charge in [-0.25, -0.2) is 0 Å². The molecule has 8 heteroatoms. The predicted octanol–water partition coefficient (Wildman–Crippen LogP) is 2.95. The average molecular weight is 426 g/mol. The van der Waals surface area contributed by atoms with Crippen molar-refractivity contribution in [3.63, 3.8) is 0 Å². The fraction of sp³-hybridized carbons (Fsp3) is 0.143. The van der Waals surface area contributed by atoms with Crippen LogP contribution in [0.5, 0.6) is 0 Å². The molecule has 0 aromatic heterocycles. The molecule has 0 saturated carbocycles. The molecule has 148 valence electrons. The van der Waals surface area contributed by atoms with E-state index in [0.717, 1.165) is 22.9 Å². The van der Waals surface area contributed by atoms with Crippen molar-refractivity contribution in [2.24, 2.45) is 0 Å². The highest BCUT2D eigenvalue weighted by Gasteiger charge is 2.33. The molecule has 3 amide bonds. The largest absolute Gasteiger partial charge is 0.345 e. The van der Waals surface area contributed by atoms with Crippen LogP contribution in [0.1, 0.15) is 11.1 Å². The standard InChI is InChI=1S/C21H19N3O3S2/c1-14-7-9-16(10-8-14)23-18(25)12-22-19(26)13-24-20(27)17(29-21(24)28)11-15-5-3-2-4-6-15/h2-11H,12-13H2,1H3,(H,22,26)(H,23,25). The summed E-state index contributed by atoms with van der Waals surface area (Å²) in [6, 6.07) is 16.7. The second-order valence-electron chi connectivity index (χ2n) is 6.37. The lowest BCUT2D eigenvalue weighted by molar-refractivity contribution is -0.129. The topological polar surface area (TPSA) is 78.5 Å². The van der Waals surface area contributed by atoms with E-state index in [4.69, 9.17) is 12.2 Å². The molecule has 0 atom stereocenters. The molecule has 6 nitrogen and oxygen atoms in total. The van der Waals surface area contributed by atoms with Gasteiger partial charge in [-0.1, -0.05) is 72.0 Å². The number of aryl methyl sites for hydroxylation is 1. The van der Waals surface area contributed by atoms with Crippen molar-refractivity contribution in [1.82, 2.24) is 10.2 Å². The van der Waals surface area contributed by atoms with Crippen molar-refractivity contribution in [3.05, 3.63) is 70.6 Å². The number of nitrogens with one attached hydrogen (secondary N) is 2. The van der Waals surface area contributed by atoms with Gasteiger partial charge in [0, 0.05) is 5.69 Å². The lowest BCUT2D eigenvalue weighted by atomic mass is 10.2. The quantitative estimate of drug-likeness (QED) is 0.550. The van der Waals surface area contributed by atoms with E-state index in [1.54, 1.807) is 18.2 Å². The van der Waals surface area contributed by atoms with Gasteiger partial charge in [-0.15, -0.1) is 0 Å². The Morgan fingerprint density at radius 2 is 1.76 bits per heavy atom. The van der Waals surface area contributed by atoms with Crippen LogP contribution in [0.4, 0.5) is 5.69 Å². The minimum atomic E-state index is -0.457. The van der Waals surface area contributed by atoms with Gasteiger partial charge in [0.15, 0.2) is 0 Å². The number of anilines is 1. The fourth-order valence-corrected chi connectivity index (χ4v) is 3.81. The van der Waals surface area contributed by atoms with E-state index in [2.05, 4.69) is 10.6 Å². The summed E-state index contributed by atoms with van der Waals surface area (Å²) in [6.45, 7) is 1.53. The van der Waals surface area contributed by atoms with Crippen molar-refractivity contribution in [3.8, 4) is 0 Å². The SMILES string of the molecule is Cc1ccc(NC(=O)CNC(=O)CN2C(=O)C(=Cc3ccccc3)SC2=S)cc1. The van der Waals surface area contributed by atoms with E-state index in [0.29, 0.717) is 14.9 Å². The summed E-state index contributed by atoms with van der Waals surface area (Å²) in [5, 5.41) is 5.21. The first-order chi connectivity index (χ1) is 13.9. The molecule has 3 rings (SSSR count). The molecule has 0 aliphatic carbocycles. The number of thiocarbonyl (C=S) groups is 1. The third kappa shape index (κ3) is 5.75. The van der Waals surface area contributed by atoms with E-state index in [9.17, 15) is 14.4 Å². The third-order valence-electron chi connectivity index (χ3n) is 4.05. The van der Waals surface area contributed by atoms with Gasteiger partial charge < -0.3 is 10.6 Å². The molecule has 0 spiro atoms. The highest BCUT2D eigenvalue weighted by Crippen LogP contribution is 2.32. The van der Waals surface area contributed by atoms with Gasteiger partial charge >= 0.3 is 0 Å². The van der Waals surface area contributed by atoms with Gasteiger partial charge in [0.25, 0.3) is 5.91 Å². The Morgan fingerprint density at radius 1 is 1.07 bits per heavy atom. The Morgan fingerprint density at radius 3 is 2.45 bits per heavy atom. The van der Waals surface area contributed by atoms with Gasteiger partial charge in [-0.3, -0.25) is 19.3 Å². The zero-order valence-electron chi connectivity index (χ0n) is 15.7. The molecule has 1 aliphatic heterocycles.